The Hall–Kier alpha value is -3.78. The number of hydrogen-bond acceptors (Lipinski definition) is 2. The molecular weight excluding hydrogens is 344 g/mol. The van der Waals surface area contributed by atoms with Gasteiger partial charge in [0.05, 0.1) is 0 Å². The van der Waals surface area contributed by atoms with Crippen LogP contribution in [0.25, 0.3) is 32.3 Å². The average molecular weight is 358 g/mol. The minimum absolute atomic E-state index is 0.0793. The predicted octanol–water partition coefficient (Wildman–Crippen LogP) is 5.92. The largest absolute Gasteiger partial charge is 0.289 e. The lowest BCUT2D eigenvalue weighted by Gasteiger charge is -2.19. The van der Waals surface area contributed by atoms with E-state index in [2.05, 4.69) is 24.3 Å². The van der Waals surface area contributed by atoms with Crippen molar-refractivity contribution in [2.24, 2.45) is 0 Å². The van der Waals surface area contributed by atoms with Gasteiger partial charge in [0.1, 0.15) is 0 Å². The molecule has 0 amide bonds. The standard InChI is InChI=1S/C26H14O2/c27-25-19-11-5-6-12-20(19)26(28)24-14-22-18-10-4-2-8-16(18)15-7-1-3-9-17(15)21(22)13-23(24)25/h1-14H. The molecule has 0 N–H and O–H groups in total. The smallest absolute Gasteiger partial charge is 0.194 e. The summed E-state index contributed by atoms with van der Waals surface area (Å²) in [4.78, 5) is 26.3. The molecule has 0 saturated carbocycles. The van der Waals surface area contributed by atoms with E-state index in [0.29, 0.717) is 22.3 Å². The average Bonchev–Trinajstić information content (AvgIpc) is 2.77. The van der Waals surface area contributed by atoms with Gasteiger partial charge in [0.2, 0.25) is 0 Å². The van der Waals surface area contributed by atoms with Crippen molar-refractivity contribution in [1.29, 1.82) is 0 Å². The second kappa shape index (κ2) is 5.37. The Balaban J connectivity index is 1.82. The zero-order valence-electron chi connectivity index (χ0n) is 14.9. The fraction of sp³-hybridized carbons (Fsp3) is 0. The molecule has 1 aliphatic carbocycles. The maximum absolute atomic E-state index is 13.1. The molecule has 5 aromatic carbocycles. The number of carbonyl (C=O) groups excluding carboxylic acids is 2. The van der Waals surface area contributed by atoms with E-state index in [0.717, 1.165) is 32.3 Å². The molecule has 2 nitrogen and oxygen atoms in total. The van der Waals surface area contributed by atoms with Crippen LogP contribution in [-0.4, -0.2) is 11.6 Å². The Labute approximate surface area is 161 Å². The number of carbonyl (C=O) groups is 2. The topological polar surface area (TPSA) is 34.1 Å². The SMILES string of the molecule is O=C1c2ccccc2C(=O)c2cc3c4ccccc4c4ccccc4c3cc21. The van der Waals surface area contributed by atoms with Crippen molar-refractivity contribution >= 4 is 43.9 Å². The fourth-order valence-electron chi connectivity index (χ4n) is 4.50. The molecule has 0 spiro atoms. The first-order valence-electron chi connectivity index (χ1n) is 9.29. The van der Waals surface area contributed by atoms with E-state index < -0.39 is 0 Å². The summed E-state index contributed by atoms with van der Waals surface area (Å²) in [5.41, 5.74) is 1.97. The van der Waals surface area contributed by atoms with Crippen LogP contribution in [0.1, 0.15) is 31.8 Å². The van der Waals surface area contributed by atoms with Crippen molar-refractivity contribution in [2.75, 3.05) is 0 Å². The van der Waals surface area contributed by atoms with Gasteiger partial charge in [0.15, 0.2) is 11.6 Å². The highest BCUT2D eigenvalue weighted by atomic mass is 16.1. The molecule has 0 atom stereocenters. The van der Waals surface area contributed by atoms with Gasteiger partial charge in [-0.15, -0.1) is 0 Å². The van der Waals surface area contributed by atoms with Crippen LogP contribution in [0.5, 0.6) is 0 Å². The minimum Gasteiger partial charge on any atom is -0.289 e. The lowest BCUT2D eigenvalue weighted by molar-refractivity contribution is 0.0979. The lowest BCUT2D eigenvalue weighted by Crippen LogP contribution is -2.20. The zero-order valence-corrected chi connectivity index (χ0v) is 14.9. The van der Waals surface area contributed by atoms with E-state index in [1.807, 2.05) is 36.4 Å². The Morgan fingerprint density at radius 2 is 0.679 bits per heavy atom. The van der Waals surface area contributed by atoms with Gasteiger partial charge in [0.25, 0.3) is 0 Å². The molecule has 0 bridgehead atoms. The van der Waals surface area contributed by atoms with Crippen molar-refractivity contribution in [3.63, 3.8) is 0 Å². The Morgan fingerprint density at radius 1 is 0.357 bits per heavy atom. The summed E-state index contributed by atoms with van der Waals surface area (Å²) in [7, 11) is 0. The van der Waals surface area contributed by atoms with Gasteiger partial charge in [-0.05, 0) is 44.5 Å². The summed E-state index contributed by atoms with van der Waals surface area (Å²) in [6, 6.07) is 27.4. The second-order valence-electron chi connectivity index (χ2n) is 7.24. The summed E-state index contributed by atoms with van der Waals surface area (Å²) in [5, 5.41) is 6.51. The van der Waals surface area contributed by atoms with Gasteiger partial charge in [0, 0.05) is 22.3 Å². The first-order chi connectivity index (χ1) is 13.7. The number of hydrogen-bond donors (Lipinski definition) is 0. The van der Waals surface area contributed by atoms with Crippen LogP contribution in [0, 0.1) is 0 Å². The van der Waals surface area contributed by atoms with Crippen LogP contribution in [-0.2, 0) is 0 Å². The predicted molar refractivity (Wildman–Crippen MR) is 112 cm³/mol. The highest BCUT2D eigenvalue weighted by molar-refractivity contribution is 6.33. The van der Waals surface area contributed by atoms with Crippen molar-refractivity contribution in [3.8, 4) is 0 Å². The number of benzene rings is 5. The van der Waals surface area contributed by atoms with E-state index in [1.54, 1.807) is 24.3 Å². The Kier molecular flexibility index (Phi) is 2.93. The highest BCUT2D eigenvalue weighted by Crippen LogP contribution is 2.38. The van der Waals surface area contributed by atoms with Crippen molar-refractivity contribution < 1.29 is 9.59 Å². The summed E-state index contributed by atoms with van der Waals surface area (Å²) >= 11 is 0. The van der Waals surface area contributed by atoms with Crippen LogP contribution < -0.4 is 0 Å². The van der Waals surface area contributed by atoms with Crippen LogP contribution in [0.4, 0.5) is 0 Å². The molecule has 1 aliphatic rings. The summed E-state index contributed by atoms with van der Waals surface area (Å²) < 4.78 is 0. The molecule has 0 aromatic heterocycles. The quantitative estimate of drug-likeness (QED) is 0.316. The van der Waals surface area contributed by atoms with E-state index >= 15 is 0 Å². The molecule has 28 heavy (non-hydrogen) atoms. The molecule has 0 radical (unpaired) electrons. The normalized spacial score (nSPS) is 13.1. The van der Waals surface area contributed by atoms with Gasteiger partial charge in [-0.1, -0.05) is 72.8 Å². The lowest BCUT2D eigenvalue weighted by atomic mass is 9.81. The van der Waals surface area contributed by atoms with Gasteiger partial charge < -0.3 is 0 Å². The first kappa shape index (κ1) is 15.3. The molecule has 0 saturated heterocycles. The van der Waals surface area contributed by atoms with Crippen LogP contribution in [0.2, 0.25) is 0 Å². The third kappa shape index (κ3) is 1.87. The number of ketones is 2. The molecule has 130 valence electrons. The summed E-state index contributed by atoms with van der Waals surface area (Å²) in [5.74, 6) is -0.159. The molecule has 0 fully saturated rings. The molecular formula is C26H14O2. The minimum atomic E-state index is -0.0793. The third-order valence-corrected chi connectivity index (χ3v) is 5.79. The summed E-state index contributed by atoms with van der Waals surface area (Å²) in [6.07, 6.45) is 0. The molecule has 0 aliphatic heterocycles. The molecule has 6 rings (SSSR count). The molecule has 0 heterocycles. The van der Waals surface area contributed by atoms with Crippen LogP contribution in [0.3, 0.4) is 0 Å². The number of fused-ring (bicyclic) bond motifs is 8. The maximum Gasteiger partial charge on any atom is 0.194 e. The molecule has 0 unspecified atom stereocenters. The van der Waals surface area contributed by atoms with Gasteiger partial charge in [-0.3, -0.25) is 9.59 Å². The van der Waals surface area contributed by atoms with Crippen molar-refractivity contribution in [3.05, 3.63) is 107 Å². The van der Waals surface area contributed by atoms with E-state index in [-0.39, 0.29) is 11.6 Å². The second-order valence-corrected chi connectivity index (χ2v) is 7.24. The summed E-state index contributed by atoms with van der Waals surface area (Å²) in [6.45, 7) is 0. The van der Waals surface area contributed by atoms with Crippen LogP contribution in [0.15, 0.2) is 84.9 Å². The Bertz CT molecular complexity index is 1380. The van der Waals surface area contributed by atoms with Gasteiger partial charge in [-0.25, -0.2) is 0 Å². The van der Waals surface area contributed by atoms with Crippen LogP contribution >= 0.6 is 0 Å². The van der Waals surface area contributed by atoms with Gasteiger partial charge >= 0.3 is 0 Å². The zero-order chi connectivity index (χ0) is 18.8. The van der Waals surface area contributed by atoms with E-state index in [9.17, 15) is 9.59 Å². The third-order valence-electron chi connectivity index (χ3n) is 5.79. The Morgan fingerprint density at radius 3 is 1.07 bits per heavy atom. The van der Waals surface area contributed by atoms with Gasteiger partial charge in [-0.2, -0.15) is 0 Å². The molecule has 5 aromatic rings. The fourth-order valence-corrected chi connectivity index (χ4v) is 4.50. The van der Waals surface area contributed by atoms with Crippen molar-refractivity contribution in [1.82, 2.24) is 0 Å². The number of rotatable bonds is 0. The maximum atomic E-state index is 13.1. The first-order valence-corrected chi connectivity index (χ1v) is 9.29. The van der Waals surface area contributed by atoms with Crippen molar-refractivity contribution in [2.45, 2.75) is 0 Å². The monoisotopic (exact) mass is 358 g/mol. The highest BCUT2D eigenvalue weighted by Gasteiger charge is 2.30. The van der Waals surface area contributed by atoms with E-state index in [4.69, 9.17) is 0 Å². The molecule has 2 heteroatoms. The van der Waals surface area contributed by atoms with E-state index in [1.165, 1.54) is 0 Å².